The lowest BCUT2D eigenvalue weighted by atomic mass is 10.2. The number of fused-ring (bicyclic) bond motifs is 1. The number of hydrogen-bond donors (Lipinski definition) is 1. The van der Waals surface area contributed by atoms with Crippen molar-refractivity contribution in [2.75, 3.05) is 0 Å². The second kappa shape index (κ2) is 6.50. The molecule has 0 bridgehead atoms. The summed E-state index contributed by atoms with van der Waals surface area (Å²) < 4.78 is 1.91. The molecule has 120 valence electrons. The predicted molar refractivity (Wildman–Crippen MR) is 92.5 cm³/mol. The average molecular weight is 328 g/mol. The topological polar surface area (TPSA) is 59.8 Å². The number of thiazole rings is 1. The lowest BCUT2D eigenvalue weighted by Gasteiger charge is -2.14. The highest BCUT2D eigenvalue weighted by molar-refractivity contribution is 7.11. The summed E-state index contributed by atoms with van der Waals surface area (Å²) in [6.45, 7) is 6.50. The van der Waals surface area contributed by atoms with Crippen molar-refractivity contribution < 1.29 is 4.79 Å². The Labute approximate surface area is 139 Å². The third-order valence-electron chi connectivity index (χ3n) is 3.92. The largest absolute Gasteiger partial charge is 0.349 e. The molecule has 0 aliphatic heterocycles. The molecular weight excluding hydrogens is 308 g/mol. The van der Waals surface area contributed by atoms with Crippen molar-refractivity contribution in [3.63, 3.8) is 0 Å². The fraction of sp³-hybridized carbons (Fsp3) is 0.353. The van der Waals surface area contributed by atoms with Gasteiger partial charge in [-0.1, -0.05) is 19.1 Å². The molecule has 0 saturated carbocycles. The number of aryl methyl sites for hydroxylation is 2. The fourth-order valence-corrected chi connectivity index (χ4v) is 3.62. The summed E-state index contributed by atoms with van der Waals surface area (Å²) in [5.74, 6) is -0.0127. The Balaban J connectivity index is 1.72. The van der Waals surface area contributed by atoms with Gasteiger partial charge in [-0.3, -0.25) is 4.79 Å². The van der Waals surface area contributed by atoms with Gasteiger partial charge in [-0.2, -0.15) is 0 Å². The molecule has 1 aromatic carbocycles. The van der Waals surface area contributed by atoms with Crippen LogP contribution in [-0.2, 0) is 17.8 Å². The molecule has 0 aliphatic carbocycles. The van der Waals surface area contributed by atoms with E-state index in [-0.39, 0.29) is 11.9 Å². The third kappa shape index (κ3) is 3.12. The van der Waals surface area contributed by atoms with E-state index in [0.29, 0.717) is 6.54 Å². The van der Waals surface area contributed by atoms with Crippen LogP contribution < -0.4 is 5.32 Å². The minimum Gasteiger partial charge on any atom is -0.349 e. The van der Waals surface area contributed by atoms with E-state index in [9.17, 15) is 4.79 Å². The van der Waals surface area contributed by atoms with Gasteiger partial charge in [0.2, 0.25) is 5.91 Å². The van der Waals surface area contributed by atoms with Crippen LogP contribution in [0.15, 0.2) is 30.6 Å². The minimum atomic E-state index is -0.304. The number of aromatic nitrogens is 3. The van der Waals surface area contributed by atoms with Gasteiger partial charge in [0.15, 0.2) is 0 Å². The lowest BCUT2D eigenvalue weighted by molar-refractivity contribution is -0.123. The highest BCUT2D eigenvalue weighted by Gasteiger charge is 2.17. The van der Waals surface area contributed by atoms with Gasteiger partial charge in [-0.15, -0.1) is 11.3 Å². The van der Waals surface area contributed by atoms with Gasteiger partial charge in [0.25, 0.3) is 0 Å². The molecule has 1 unspecified atom stereocenters. The highest BCUT2D eigenvalue weighted by Crippen LogP contribution is 2.20. The summed E-state index contributed by atoms with van der Waals surface area (Å²) in [7, 11) is 0. The van der Waals surface area contributed by atoms with E-state index in [1.807, 2.05) is 42.7 Å². The first-order chi connectivity index (χ1) is 11.1. The molecule has 5 nitrogen and oxygen atoms in total. The standard InChI is InChI=1S/C17H20N4OS/c1-4-13-16(23-12(3)20-13)9-18-17(22)11(2)21-10-19-14-7-5-6-8-15(14)21/h5-8,10-11H,4,9H2,1-3H3,(H,18,22). The van der Waals surface area contributed by atoms with E-state index < -0.39 is 0 Å². The lowest BCUT2D eigenvalue weighted by Crippen LogP contribution is -2.30. The first kappa shape index (κ1) is 15.7. The summed E-state index contributed by atoms with van der Waals surface area (Å²) in [6, 6.07) is 7.53. The van der Waals surface area contributed by atoms with Gasteiger partial charge in [0.1, 0.15) is 6.04 Å². The Kier molecular flexibility index (Phi) is 4.43. The Bertz CT molecular complexity index is 836. The summed E-state index contributed by atoms with van der Waals surface area (Å²) in [4.78, 5) is 22.5. The van der Waals surface area contributed by atoms with Crippen LogP contribution in [0.4, 0.5) is 0 Å². The number of carbonyl (C=O) groups excluding carboxylic acids is 1. The van der Waals surface area contributed by atoms with Crippen LogP contribution in [0.3, 0.4) is 0 Å². The molecule has 6 heteroatoms. The second-order valence-electron chi connectivity index (χ2n) is 5.49. The van der Waals surface area contributed by atoms with E-state index in [2.05, 4.69) is 22.2 Å². The quantitative estimate of drug-likeness (QED) is 0.782. The molecule has 0 radical (unpaired) electrons. The number of carbonyl (C=O) groups is 1. The van der Waals surface area contributed by atoms with Gasteiger partial charge in [0, 0.05) is 4.88 Å². The Morgan fingerprint density at radius 2 is 2.17 bits per heavy atom. The van der Waals surface area contributed by atoms with Crippen LogP contribution in [-0.4, -0.2) is 20.4 Å². The summed E-state index contributed by atoms with van der Waals surface area (Å²) >= 11 is 1.65. The van der Waals surface area contributed by atoms with Crippen LogP contribution in [0.25, 0.3) is 11.0 Å². The average Bonchev–Trinajstić information content (AvgIpc) is 3.14. The maximum atomic E-state index is 12.5. The summed E-state index contributed by atoms with van der Waals surface area (Å²) in [5, 5.41) is 4.06. The Hall–Kier alpha value is -2.21. The molecule has 3 aromatic rings. The molecule has 0 saturated heterocycles. The van der Waals surface area contributed by atoms with Crippen LogP contribution >= 0.6 is 11.3 Å². The van der Waals surface area contributed by atoms with Crippen molar-refractivity contribution in [3.05, 3.63) is 46.2 Å². The molecular formula is C17H20N4OS. The zero-order valence-corrected chi connectivity index (χ0v) is 14.4. The minimum absolute atomic E-state index is 0.0127. The van der Waals surface area contributed by atoms with Crippen molar-refractivity contribution >= 4 is 28.3 Å². The Morgan fingerprint density at radius 3 is 2.96 bits per heavy atom. The maximum absolute atomic E-state index is 12.5. The van der Waals surface area contributed by atoms with E-state index in [1.165, 1.54) is 0 Å². The van der Waals surface area contributed by atoms with E-state index >= 15 is 0 Å². The summed E-state index contributed by atoms with van der Waals surface area (Å²) in [5.41, 5.74) is 2.95. The number of benzene rings is 1. The monoisotopic (exact) mass is 328 g/mol. The molecule has 23 heavy (non-hydrogen) atoms. The molecule has 3 rings (SSSR count). The van der Waals surface area contributed by atoms with Crippen molar-refractivity contribution in [2.45, 2.75) is 39.8 Å². The molecule has 0 aliphatic rings. The normalized spacial score (nSPS) is 12.5. The van der Waals surface area contributed by atoms with Crippen LogP contribution in [0.5, 0.6) is 0 Å². The van der Waals surface area contributed by atoms with Crippen molar-refractivity contribution in [1.29, 1.82) is 0 Å². The van der Waals surface area contributed by atoms with Gasteiger partial charge in [0.05, 0.1) is 34.6 Å². The molecule has 2 heterocycles. The number of nitrogens with zero attached hydrogens (tertiary/aromatic N) is 3. The number of nitrogens with one attached hydrogen (secondary N) is 1. The molecule has 0 spiro atoms. The molecule has 1 atom stereocenters. The van der Waals surface area contributed by atoms with Crippen LogP contribution in [0, 0.1) is 6.92 Å². The zero-order chi connectivity index (χ0) is 16.4. The first-order valence-corrected chi connectivity index (χ1v) is 8.56. The fourth-order valence-electron chi connectivity index (χ4n) is 2.66. The van der Waals surface area contributed by atoms with Gasteiger partial charge in [-0.05, 0) is 32.4 Å². The summed E-state index contributed by atoms with van der Waals surface area (Å²) in [6.07, 6.45) is 2.61. The van der Waals surface area contributed by atoms with E-state index in [4.69, 9.17) is 0 Å². The molecule has 2 aromatic heterocycles. The highest BCUT2D eigenvalue weighted by atomic mass is 32.1. The van der Waals surface area contributed by atoms with Gasteiger partial charge in [-0.25, -0.2) is 9.97 Å². The smallest absolute Gasteiger partial charge is 0.243 e. The molecule has 1 amide bonds. The first-order valence-electron chi connectivity index (χ1n) is 7.74. The van der Waals surface area contributed by atoms with Crippen LogP contribution in [0.1, 0.15) is 35.5 Å². The maximum Gasteiger partial charge on any atom is 0.243 e. The van der Waals surface area contributed by atoms with E-state index in [0.717, 1.165) is 33.0 Å². The van der Waals surface area contributed by atoms with Crippen molar-refractivity contribution in [1.82, 2.24) is 19.9 Å². The van der Waals surface area contributed by atoms with E-state index in [1.54, 1.807) is 17.7 Å². The molecule has 1 N–H and O–H groups in total. The number of para-hydroxylation sites is 2. The molecule has 0 fully saturated rings. The van der Waals surface area contributed by atoms with Gasteiger partial charge < -0.3 is 9.88 Å². The SMILES string of the molecule is CCc1nc(C)sc1CNC(=O)C(C)n1cnc2ccccc21. The predicted octanol–water partition coefficient (Wildman–Crippen LogP) is 3.24. The Morgan fingerprint density at radius 1 is 1.39 bits per heavy atom. The zero-order valence-electron chi connectivity index (χ0n) is 13.5. The number of hydrogen-bond acceptors (Lipinski definition) is 4. The van der Waals surface area contributed by atoms with Crippen molar-refractivity contribution in [2.24, 2.45) is 0 Å². The third-order valence-corrected chi connectivity index (χ3v) is 4.93. The second-order valence-corrected chi connectivity index (χ2v) is 6.78. The number of amides is 1. The van der Waals surface area contributed by atoms with Crippen LogP contribution in [0.2, 0.25) is 0 Å². The number of imidazole rings is 1. The van der Waals surface area contributed by atoms with Gasteiger partial charge >= 0.3 is 0 Å². The number of rotatable bonds is 5. The van der Waals surface area contributed by atoms with Crippen molar-refractivity contribution in [3.8, 4) is 0 Å².